The number of hydrogen-bond acceptors (Lipinski definition) is 9. The molecule has 1 aliphatic carbocycles. The van der Waals surface area contributed by atoms with Crippen LogP contribution in [0.1, 0.15) is 78.4 Å². The molecule has 1 N–H and O–H groups in total. The molecule has 0 radical (unpaired) electrons. The van der Waals surface area contributed by atoms with Crippen LogP contribution in [-0.4, -0.2) is 90.8 Å². The van der Waals surface area contributed by atoms with Crippen molar-refractivity contribution in [2.24, 2.45) is 23.7 Å². The van der Waals surface area contributed by atoms with Gasteiger partial charge >= 0.3 is 5.97 Å². The fraction of sp³-hybridized carbons (Fsp3) is 0.600. The van der Waals surface area contributed by atoms with Gasteiger partial charge in [0.1, 0.15) is 18.2 Å². The number of ketones is 2. The molecule has 0 spiro atoms. The molecule has 2 fully saturated rings. The van der Waals surface area contributed by atoms with Gasteiger partial charge in [-0.25, -0.2) is 4.79 Å². The second-order valence-electron chi connectivity index (χ2n) is 14.2. The monoisotopic (exact) mass is 693 g/mol. The van der Waals surface area contributed by atoms with Gasteiger partial charge in [-0.1, -0.05) is 81.5 Å². The maximum absolute atomic E-state index is 14.1. The Kier molecular flexibility index (Phi) is 14.3. The molecule has 10 nitrogen and oxygen atoms in total. The van der Waals surface area contributed by atoms with Gasteiger partial charge in [-0.3, -0.25) is 14.4 Å². The molecule has 2 heterocycles. The minimum absolute atomic E-state index is 0.111. The lowest BCUT2D eigenvalue weighted by Crippen LogP contribution is -2.59. The van der Waals surface area contributed by atoms with Crippen LogP contribution in [-0.2, 0) is 38.1 Å². The smallest absolute Gasteiger partial charge is 0.329 e. The summed E-state index contributed by atoms with van der Waals surface area (Å²) >= 11 is 0. The van der Waals surface area contributed by atoms with Gasteiger partial charge < -0.3 is 29.0 Å². The van der Waals surface area contributed by atoms with Crippen LogP contribution in [0.2, 0.25) is 0 Å². The van der Waals surface area contributed by atoms with Crippen molar-refractivity contribution in [2.45, 2.75) is 109 Å². The van der Waals surface area contributed by atoms with Crippen LogP contribution in [0.4, 0.5) is 0 Å². The van der Waals surface area contributed by atoms with E-state index in [1.165, 1.54) is 12.0 Å². The minimum atomic E-state index is -1.52. The van der Waals surface area contributed by atoms with Gasteiger partial charge in [0.15, 0.2) is 11.9 Å². The van der Waals surface area contributed by atoms with Crippen molar-refractivity contribution in [1.82, 2.24) is 4.90 Å². The Labute approximate surface area is 296 Å². The van der Waals surface area contributed by atoms with Crippen LogP contribution in [0.15, 0.2) is 66.3 Å². The number of benzene rings is 1. The predicted octanol–water partition coefficient (Wildman–Crippen LogP) is 5.35. The first-order chi connectivity index (χ1) is 23.9. The number of ether oxygens (including phenoxy) is 4. The van der Waals surface area contributed by atoms with E-state index in [0.29, 0.717) is 32.1 Å². The maximum atomic E-state index is 14.1. The van der Waals surface area contributed by atoms with Crippen molar-refractivity contribution < 1.29 is 43.2 Å². The van der Waals surface area contributed by atoms with Crippen molar-refractivity contribution in [3.8, 4) is 0 Å². The molecule has 50 heavy (non-hydrogen) atoms. The first kappa shape index (κ1) is 39.3. The number of aliphatic hydroxyl groups excluding tert-OH is 1. The molecule has 1 aromatic carbocycles. The van der Waals surface area contributed by atoms with Crippen molar-refractivity contribution in [3.63, 3.8) is 0 Å². The number of rotatable bonds is 8. The number of aliphatic hydroxyl groups is 1. The van der Waals surface area contributed by atoms with E-state index in [0.717, 1.165) is 11.1 Å². The molecule has 2 saturated heterocycles. The average molecular weight is 694 g/mol. The third kappa shape index (κ3) is 9.26. The van der Waals surface area contributed by atoms with Crippen LogP contribution < -0.4 is 0 Å². The molecule has 11 atom stereocenters. The van der Waals surface area contributed by atoms with Crippen molar-refractivity contribution in [1.29, 1.82) is 0 Å². The van der Waals surface area contributed by atoms with Crippen LogP contribution >= 0.6 is 0 Å². The molecule has 274 valence electrons. The molecule has 1 aromatic rings. The van der Waals surface area contributed by atoms with Gasteiger partial charge in [0.25, 0.3) is 11.7 Å². The molecule has 0 aromatic heterocycles. The average Bonchev–Trinajstić information content (AvgIpc) is 3.12. The zero-order valence-electron chi connectivity index (χ0n) is 30.5. The van der Waals surface area contributed by atoms with E-state index in [1.54, 1.807) is 21.0 Å². The lowest BCUT2D eigenvalue weighted by atomic mass is 9.75. The van der Waals surface area contributed by atoms with Crippen LogP contribution in [0.5, 0.6) is 0 Å². The van der Waals surface area contributed by atoms with Gasteiger partial charge in [0.2, 0.25) is 0 Å². The zero-order chi connectivity index (χ0) is 36.5. The summed E-state index contributed by atoms with van der Waals surface area (Å²) < 4.78 is 24.2. The number of allylic oxidation sites excluding steroid dienone is 5. The molecule has 6 unspecified atom stereocenters. The molecule has 3 aliphatic rings. The summed E-state index contributed by atoms with van der Waals surface area (Å²) in [5, 5.41) is 11.3. The van der Waals surface area contributed by atoms with Crippen LogP contribution in [0, 0.1) is 23.7 Å². The number of esters is 1. The van der Waals surface area contributed by atoms with Gasteiger partial charge in [-0.05, 0) is 68.9 Å². The summed E-state index contributed by atoms with van der Waals surface area (Å²) in [5.74, 6) is -3.90. The fourth-order valence-electron chi connectivity index (χ4n) is 7.63. The molecule has 2 aliphatic heterocycles. The largest absolute Gasteiger partial charge is 0.456 e. The lowest BCUT2D eigenvalue weighted by molar-refractivity contribution is -0.195. The Morgan fingerprint density at radius 1 is 0.960 bits per heavy atom. The summed E-state index contributed by atoms with van der Waals surface area (Å²) in [5.41, 5.74) is 1.63. The molecule has 4 rings (SSSR count). The second-order valence-corrected chi connectivity index (χ2v) is 14.2. The molecule has 10 heteroatoms. The summed E-state index contributed by atoms with van der Waals surface area (Å²) in [6.07, 6.45) is 6.63. The first-order valence-electron chi connectivity index (χ1n) is 17.9. The zero-order valence-corrected chi connectivity index (χ0v) is 30.5. The summed E-state index contributed by atoms with van der Waals surface area (Å²) in [6, 6.07) is 8.36. The van der Waals surface area contributed by atoms with Crippen molar-refractivity contribution in [2.75, 3.05) is 20.8 Å². The van der Waals surface area contributed by atoms with E-state index in [-0.39, 0.29) is 24.2 Å². The number of carbonyl (C=O) groups excluding carboxylic acids is 4. The van der Waals surface area contributed by atoms with E-state index < -0.39 is 72.2 Å². The highest BCUT2D eigenvalue weighted by Gasteiger charge is 2.51. The van der Waals surface area contributed by atoms with E-state index >= 15 is 0 Å². The number of piperidine rings is 1. The van der Waals surface area contributed by atoms with E-state index in [1.807, 2.05) is 68.5 Å². The molecule has 0 saturated carbocycles. The third-order valence-electron chi connectivity index (χ3n) is 10.5. The van der Waals surface area contributed by atoms with Crippen molar-refractivity contribution in [3.05, 3.63) is 71.8 Å². The highest BCUT2D eigenvalue weighted by molar-refractivity contribution is 6.38. The van der Waals surface area contributed by atoms with Crippen LogP contribution in [0.3, 0.4) is 0 Å². The second kappa shape index (κ2) is 18.2. The van der Waals surface area contributed by atoms with Crippen LogP contribution in [0.25, 0.3) is 0 Å². The highest BCUT2D eigenvalue weighted by atomic mass is 16.5. The quantitative estimate of drug-likeness (QED) is 0.283. The van der Waals surface area contributed by atoms with E-state index in [2.05, 4.69) is 13.0 Å². The Bertz CT molecular complexity index is 1420. The Hall–Kier alpha value is -3.44. The molecular formula is C40H55NO9. The Balaban J connectivity index is 1.62. The first-order valence-corrected chi connectivity index (χ1v) is 17.9. The Morgan fingerprint density at radius 3 is 2.34 bits per heavy atom. The molecule has 0 bridgehead atoms. The van der Waals surface area contributed by atoms with E-state index in [9.17, 15) is 24.3 Å². The number of hydrogen-bond donors (Lipinski definition) is 1. The van der Waals surface area contributed by atoms with E-state index in [4.69, 9.17) is 18.9 Å². The predicted molar refractivity (Wildman–Crippen MR) is 189 cm³/mol. The van der Waals surface area contributed by atoms with Gasteiger partial charge in [0.05, 0.1) is 18.3 Å². The Morgan fingerprint density at radius 2 is 1.66 bits per heavy atom. The molecule has 1 amide bonds. The summed E-state index contributed by atoms with van der Waals surface area (Å²) in [6.45, 7) is 9.60. The maximum Gasteiger partial charge on any atom is 0.329 e. The number of nitrogens with zero attached hydrogens (tertiary/aromatic N) is 1. The van der Waals surface area contributed by atoms with Crippen molar-refractivity contribution >= 4 is 23.4 Å². The highest BCUT2D eigenvalue weighted by Crippen LogP contribution is 2.38. The standard InChI is InChI=1S/C40H55NO9/c1-24-16-10-8-11-17-25(2)36(47-6)32(37(48-7)33(42)26(3)22-24)31-23-27(4)34(43)38(50-31)35(44)39(45)41-21-15-14-20-30(41)40(46)49-28(5)29-18-12-9-13-19-29/h8-13,16-19,24,26-28,30-32,34,36-38,43H,14-15,20-23H2,1-7H3/b11-8+,16-10-,25-17+/t24-,26+,27?,28?,30?,31?,32?,34-,36+,37?,38-/m1/s1. The summed E-state index contributed by atoms with van der Waals surface area (Å²) in [4.78, 5) is 56.8. The van der Waals surface area contributed by atoms with Gasteiger partial charge in [-0.2, -0.15) is 0 Å². The normalized spacial score (nSPS) is 35.6. The topological polar surface area (TPSA) is 129 Å². The molecular weight excluding hydrogens is 638 g/mol. The lowest BCUT2D eigenvalue weighted by Gasteiger charge is -2.45. The number of amides is 1. The van der Waals surface area contributed by atoms with Gasteiger partial charge in [0, 0.05) is 32.6 Å². The number of carbonyl (C=O) groups is 4. The number of Topliss-reactive ketones (excluding diaryl/α,β-unsaturated/α-hetero) is 2. The number of methoxy groups -OCH3 is 2. The minimum Gasteiger partial charge on any atom is -0.456 e. The number of likely N-dealkylation sites (tertiary alicyclic amines) is 1. The summed E-state index contributed by atoms with van der Waals surface area (Å²) in [7, 11) is 3.04. The fourth-order valence-corrected chi connectivity index (χ4v) is 7.63. The third-order valence-corrected chi connectivity index (χ3v) is 10.5. The SMILES string of the molecule is COC1C(=O)[C@@H](C)C[C@H](C)\C=C/C=C/C=C(\C)[C@H](OC)C1C1CC(C)[C@@H](O)[C@H](C(=O)C(=O)N2CCCCC2C(=O)OC(C)c2ccccc2)O1. The van der Waals surface area contributed by atoms with Gasteiger partial charge in [-0.15, -0.1) is 0 Å².